The second kappa shape index (κ2) is 9.00. The van der Waals surface area contributed by atoms with Gasteiger partial charge in [0.15, 0.2) is 0 Å². The number of rotatable bonds is 5. The van der Waals surface area contributed by atoms with Gasteiger partial charge in [-0.25, -0.2) is 8.42 Å². The highest BCUT2D eigenvalue weighted by molar-refractivity contribution is 7.89. The maximum Gasteiger partial charge on any atom is 0.255 e. The highest BCUT2D eigenvalue weighted by Gasteiger charge is 2.47. The average molecular weight is 464 g/mol. The summed E-state index contributed by atoms with van der Waals surface area (Å²) in [6.07, 6.45) is -0.741. The number of hydrogen-bond acceptors (Lipinski definition) is 4. The van der Waals surface area contributed by atoms with Gasteiger partial charge in [0.05, 0.1) is 4.90 Å². The zero-order valence-corrected chi connectivity index (χ0v) is 20.2. The van der Waals surface area contributed by atoms with Crippen molar-refractivity contribution in [3.8, 4) is 0 Å². The summed E-state index contributed by atoms with van der Waals surface area (Å²) >= 11 is 0. The van der Waals surface area contributed by atoms with Crippen LogP contribution in [0, 0.1) is 6.92 Å². The van der Waals surface area contributed by atoms with Gasteiger partial charge in [-0.3, -0.25) is 4.79 Å². The van der Waals surface area contributed by atoms with Crippen LogP contribution in [0.25, 0.3) is 0 Å². The van der Waals surface area contributed by atoms with Crippen LogP contribution in [-0.4, -0.2) is 50.2 Å². The van der Waals surface area contributed by atoms with Gasteiger partial charge < -0.3 is 9.80 Å². The van der Waals surface area contributed by atoms with Crippen LogP contribution in [0.1, 0.15) is 34.6 Å². The van der Waals surface area contributed by atoms with Crippen LogP contribution in [0.5, 0.6) is 0 Å². The molecular weight excluding hydrogens is 434 g/mol. The van der Waals surface area contributed by atoms with E-state index in [2.05, 4.69) is 0 Å². The number of carbonyl (C=O) groups is 1. The Labute approximate surface area is 196 Å². The molecule has 0 bridgehead atoms. The normalized spacial score (nSPS) is 19.0. The van der Waals surface area contributed by atoms with Gasteiger partial charge >= 0.3 is 0 Å². The van der Waals surface area contributed by atoms with E-state index in [0.29, 0.717) is 5.56 Å². The Morgan fingerprint density at radius 3 is 2.09 bits per heavy atom. The van der Waals surface area contributed by atoms with Crippen LogP contribution in [0.3, 0.4) is 0 Å². The summed E-state index contributed by atoms with van der Waals surface area (Å²) < 4.78 is 28.9. The molecule has 3 aromatic rings. The van der Waals surface area contributed by atoms with Crippen molar-refractivity contribution >= 4 is 21.6 Å². The SMILES string of the molecule is Cc1ccc(S(=O)(=O)N2C[C@H](C)N(C(=O)c3ccccc3)[C@@H]2c2ccc(N(C)C)cc2)cc1. The van der Waals surface area contributed by atoms with Crippen LogP contribution in [-0.2, 0) is 10.0 Å². The molecule has 172 valence electrons. The number of nitrogens with zero attached hydrogens (tertiary/aromatic N) is 3. The monoisotopic (exact) mass is 463 g/mol. The van der Waals surface area contributed by atoms with E-state index >= 15 is 0 Å². The van der Waals surface area contributed by atoms with Crippen molar-refractivity contribution in [3.63, 3.8) is 0 Å². The van der Waals surface area contributed by atoms with Crippen molar-refractivity contribution in [2.75, 3.05) is 25.5 Å². The third-order valence-corrected chi connectivity index (χ3v) is 7.88. The van der Waals surface area contributed by atoms with Crippen molar-refractivity contribution in [3.05, 3.63) is 95.6 Å². The number of anilines is 1. The van der Waals surface area contributed by atoms with E-state index < -0.39 is 16.2 Å². The Morgan fingerprint density at radius 1 is 0.909 bits per heavy atom. The number of sulfonamides is 1. The summed E-state index contributed by atoms with van der Waals surface area (Å²) in [5.74, 6) is -0.189. The van der Waals surface area contributed by atoms with E-state index in [9.17, 15) is 13.2 Å². The predicted molar refractivity (Wildman–Crippen MR) is 131 cm³/mol. The zero-order chi connectivity index (χ0) is 23.8. The summed E-state index contributed by atoms with van der Waals surface area (Å²) in [6, 6.07) is 23.3. The minimum absolute atomic E-state index is 0.189. The number of benzene rings is 3. The first-order chi connectivity index (χ1) is 15.7. The van der Waals surface area contributed by atoms with Gasteiger partial charge in [-0.1, -0.05) is 48.0 Å². The van der Waals surface area contributed by atoms with E-state index in [4.69, 9.17) is 0 Å². The Balaban J connectivity index is 1.81. The third-order valence-electron chi connectivity index (χ3n) is 6.05. The Hall–Kier alpha value is -3.16. The lowest BCUT2D eigenvalue weighted by Crippen LogP contribution is -2.39. The predicted octanol–water partition coefficient (Wildman–Crippen LogP) is 4.30. The highest BCUT2D eigenvalue weighted by atomic mass is 32.2. The molecule has 0 aliphatic carbocycles. The lowest BCUT2D eigenvalue weighted by atomic mass is 10.1. The molecule has 4 rings (SSSR count). The maximum absolute atomic E-state index is 13.7. The molecular formula is C26H29N3O3S. The summed E-state index contributed by atoms with van der Waals surface area (Å²) in [5, 5.41) is 0. The van der Waals surface area contributed by atoms with Gasteiger partial charge in [-0.05, 0) is 55.8 Å². The maximum atomic E-state index is 13.7. The van der Waals surface area contributed by atoms with Crippen molar-refractivity contribution in [1.29, 1.82) is 0 Å². The van der Waals surface area contributed by atoms with Gasteiger partial charge in [0.25, 0.3) is 5.91 Å². The van der Waals surface area contributed by atoms with Crippen LogP contribution < -0.4 is 4.90 Å². The zero-order valence-electron chi connectivity index (χ0n) is 19.3. The summed E-state index contributed by atoms with van der Waals surface area (Å²) in [4.78, 5) is 17.5. The van der Waals surface area contributed by atoms with Gasteiger partial charge in [0.1, 0.15) is 6.17 Å². The molecule has 0 unspecified atom stereocenters. The fourth-order valence-electron chi connectivity index (χ4n) is 4.22. The first kappa shape index (κ1) is 23.0. The van der Waals surface area contributed by atoms with Crippen LogP contribution in [0.4, 0.5) is 5.69 Å². The first-order valence-corrected chi connectivity index (χ1v) is 12.4. The minimum atomic E-state index is -3.83. The molecule has 6 nitrogen and oxygen atoms in total. The van der Waals surface area contributed by atoms with E-state index in [-0.39, 0.29) is 23.4 Å². The van der Waals surface area contributed by atoms with Gasteiger partial charge in [-0.2, -0.15) is 4.31 Å². The molecule has 1 fully saturated rings. The second-order valence-electron chi connectivity index (χ2n) is 8.67. The molecule has 1 aliphatic rings. The molecule has 1 amide bonds. The average Bonchev–Trinajstić information content (AvgIpc) is 3.17. The smallest absolute Gasteiger partial charge is 0.255 e. The number of hydrogen-bond donors (Lipinski definition) is 0. The molecule has 0 spiro atoms. The minimum Gasteiger partial charge on any atom is -0.378 e. The Bertz CT molecular complexity index is 1220. The number of aryl methyl sites for hydroxylation is 1. The summed E-state index contributed by atoms with van der Waals surface area (Å²) in [6.45, 7) is 4.03. The number of carbonyl (C=O) groups excluding carboxylic acids is 1. The Morgan fingerprint density at radius 2 is 1.52 bits per heavy atom. The van der Waals surface area contributed by atoms with Gasteiger partial charge in [0.2, 0.25) is 10.0 Å². The summed E-state index contributed by atoms with van der Waals surface area (Å²) in [7, 11) is 0.0691. The van der Waals surface area contributed by atoms with Crippen LogP contribution in [0.2, 0.25) is 0 Å². The summed E-state index contributed by atoms with van der Waals surface area (Å²) in [5.41, 5.74) is 3.28. The quantitative estimate of drug-likeness (QED) is 0.566. The molecule has 33 heavy (non-hydrogen) atoms. The van der Waals surface area contributed by atoms with E-state index in [1.807, 2.05) is 75.3 Å². The van der Waals surface area contributed by atoms with Gasteiger partial charge in [0, 0.05) is 37.9 Å². The molecule has 1 aliphatic heterocycles. The molecule has 0 aromatic heterocycles. The first-order valence-electron chi connectivity index (χ1n) is 10.9. The van der Waals surface area contributed by atoms with E-state index in [1.54, 1.807) is 41.3 Å². The number of amides is 1. The van der Waals surface area contributed by atoms with Crippen molar-refractivity contribution < 1.29 is 13.2 Å². The van der Waals surface area contributed by atoms with Crippen molar-refractivity contribution in [2.24, 2.45) is 0 Å². The lowest BCUT2D eigenvalue weighted by Gasteiger charge is -2.32. The third kappa shape index (κ3) is 4.38. The molecule has 7 heteroatoms. The topological polar surface area (TPSA) is 60.9 Å². The fourth-order valence-corrected chi connectivity index (χ4v) is 5.86. The van der Waals surface area contributed by atoms with Crippen LogP contribution >= 0.6 is 0 Å². The van der Waals surface area contributed by atoms with Crippen LogP contribution in [0.15, 0.2) is 83.8 Å². The highest BCUT2D eigenvalue weighted by Crippen LogP contribution is 2.39. The molecule has 1 heterocycles. The Kier molecular flexibility index (Phi) is 6.28. The molecule has 0 saturated carbocycles. The van der Waals surface area contributed by atoms with Crippen molar-refractivity contribution in [1.82, 2.24) is 9.21 Å². The molecule has 0 N–H and O–H groups in total. The molecule has 3 aromatic carbocycles. The lowest BCUT2D eigenvalue weighted by molar-refractivity contribution is 0.0640. The molecule has 2 atom stereocenters. The molecule has 1 saturated heterocycles. The van der Waals surface area contributed by atoms with E-state index in [0.717, 1.165) is 16.8 Å². The largest absolute Gasteiger partial charge is 0.378 e. The fraction of sp³-hybridized carbons (Fsp3) is 0.269. The van der Waals surface area contributed by atoms with Gasteiger partial charge in [-0.15, -0.1) is 0 Å². The van der Waals surface area contributed by atoms with E-state index in [1.165, 1.54) is 4.31 Å². The standard InChI is InChI=1S/C26H29N3O3S/c1-19-10-16-24(17-11-19)33(31,32)28-18-20(2)29(26(30)22-8-6-5-7-9-22)25(28)21-12-14-23(15-13-21)27(3)4/h5-17,20,25H,18H2,1-4H3/t20-,25+/m0/s1. The van der Waals surface area contributed by atoms with Crippen molar-refractivity contribution in [2.45, 2.75) is 31.0 Å². The molecule has 0 radical (unpaired) electrons. The second-order valence-corrected chi connectivity index (χ2v) is 10.6.